The second-order valence-corrected chi connectivity index (χ2v) is 17.4. The highest BCUT2D eigenvalue weighted by molar-refractivity contribution is 6.33. The summed E-state index contributed by atoms with van der Waals surface area (Å²) >= 11 is 6.26. The molecule has 1 saturated carbocycles. The summed E-state index contributed by atoms with van der Waals surface area (Å²) in [6.07, 6.45) is 1.33. The van der Waals surface area contributed by atoms with Crippen LogP contribution in [0.1, 0.15) is 97.4 Å². The summed E-state index contributed by atoms with van der Waals surface area (Å²) in [5, 5.41) is 2.61. The molecule has 3 atom stereocenters. The van der Waals surface area contributed by atoms with Gasteiger partial charge < -0.3 is 9.64 Å². The maximum Gasteiger partial charge on any atom is 0.262 e. The molecule has 4 aliphatic rings. The molecule has 1 N–H and O–H groups in total. The molecule has 3 aliphatic heterocycles. The van der Waals surface area contributed by atoms with E-state index in [2.05, 4.69) is 73.6 Å². The summed E-state index contributed by atoms with van der Waals surface area (Å²) in [6, 6.07) is 17.9. The Balaban J connectivity index is 0.927. The molecule has 4 amide bonds. The van der Waals surface area contributed by atoms with Crippen molar-refractivity contribution in [2.24, 2.45) is 16.7 Å². The van der Waals surface area contributed by atoms with Crippen molar-refractivity contribution in [2.75, 3.05) is 24.5 Å². The minimum Gasteiger partial charge on any atom is -0.489 e. The van der Waals surface area contributed by atoms with Gasteiger partial charge in [-0.15, -0.1) is 0 Å². The molecule has 3 aromatic rings. The van der Waals surface area contributed by atoms with Crippen molar-refractivity contribution in [3.05, 3.63) is 99.4 Å². The zero-order valence-corrected chi connectivity index (χ0v) is 33.5. The lowest BCUT2D eigenvalue weighted by molar-refractivity contribution is -0.196. The highest BCUT2D eigenvalue weighted by Gasteiger charge is 2.63. The molecule has 56 heavy (non-hydrogen) atoms. The van der Waals surface area contributed by atoms with Crippen molar-refractivity contribution in [2.45, 2.75) is 91.5 Å². The molecule has 0 spiro atoms. The molecule has 292 valence electrons. The molecule has 0 bridgehead atoms. The van der Waals surface area contributed by atoms with Gasteiger partial charge in [0.25, 0.3) is 11.8 Å². The van der Waals surface area contributed by atoms with Crippen LogP contribution < -0.4 is 15.0 Å². The SMILES string of the molecule is [C-]#[N+]c1ccc(OC2C(C)(C)C(CC(=O)c3ccc(CCN4[C@H](C)CN(c5ccc6c(c5)C(=O)N(C5CCC(=O)NC5=O)C6=O)C[C@@H]4C)cc3)C2(C)C)cc1Cl. The maximum atomic E-state index is 13.6. The first-order valence-electron chi connectivity index (χ1n) is 19.3. The van der Waals surface area contributed by atoms with Gasteiger partial charge in [-0.3, -0.25) is 39.1 Å². The molecule has 7 rings (SSSR count). The van der Waals surface area contributed by atoms with Gasteiger partial charge in [-0.05, 0) is 68.5 Å². The number of rotatable bonds is 10. The third-order valence-corrected chi connectivity index (χ3v) is 13.0. The fourth-order valence-electron chi connectivity index (χ4n) is 9.89. The minimum absolute atomic E-state index is 0.0799. The second-order valence-electron chi connectivity index (χ2n) is 17.0. The molecule has 3 heterocycles. The van der Waals surface area contributed by atoms with Gasteiger partial charge in [0.05, 0.1) is 22.7 Å². The number of nitrogens with zero attached hydrogens (tertiary/aromatic N) is 4. The van der Waals surface area contributed by atoms with E-state index in [0.717, 1.165) is 42.2 Å². The van der Waals surface area contributed by atoms with Crippen LogP contribution in [0.5, 0.6) is 5.75 Å². The number of benzene rings is 3. The fraction of sp³-hybridized carbons (Fsp3) is 0.455. The molecule has 2 saturated heterocycles. The lowest BCUT2D eigenvalue weighted by Crippen LogP contribution is -2.66. The Morgan fingerprint density at radius 3 is 2.20 bits per heavy atom. The van der Waals surface area contributed by atoms with E-state index in [0.29, 0.717) is 28.4 Å². The summed E-state index contributed by atoms with van der Waals surface area (Å²) in [5.41, 5.74) is 3.16. The predicted molar refractivity (Wildman–Crippen MR) is 213 cm³/mol. The van der Waals surface area contributed by atoms with Crippen LogP contribution in [-0.4, -0.2) is 83.1 Å². The van der Waals surface area contributed by atoms with Crippen molar-refractivity contribution in [1.82, 2.24) is 15.1 Å². The van der Waals surface area contributed by atoms with Gasteiger partial charge in [-0.25, -0.2) is 4.85 Å². The number of piperazine rings is 1. The Kier molecular flexibility index (Phi) is 10.4. The fourth-order valence-corrected chi connectivity index (χ4v) is 10.1. The van der Waals surface area contributed by atoms with Crippen LogP contribution in [0.3, 0.4) is 0 Å². The summed E-state index contributed by atoms with van der Waals surface area (Å²) in [4.78, 5) is 73.5. The van der Waals surface area contributed by atoms with E-state index in [1.54, 1.807) is 30.3 Å². The number of carbonyl (C=O) groups excluding carboxylic acids is 5. The largest absolute Gasteiger partial charge is 0.489 e. The summed E-state index contributed by atoms with van der Waals surface area (Å²) in [6.45, 7) is 22.5. The van der Waals surface area contributed by atoms with Crippen LogP contribution in [0, 0.1) is 23.3 Å². The smallest absolute Gasteiger partial charge is 0.262 e. The van der Waals surface area contributed by atoms with Gasteiger partial charge in [0.2, 0.25) is 17.5 Å². The van der Waals surface area contributed by atoms with Gasteiger partial charge in [-0.1, -0.05) is 69.6 Å². The van der Waals surface area contributed by atoms with Gasteiger partial charge in [0.1, 0.15) is 17.9 Å². The summed E-state index contributed by atoms with van der Waals surface area (Å²) in [7, 11) is 0. The molecule has 11 nitrogen and oxygen atoms in total. The van der Waals surface area contributed by atoms with Crippen molar-refractivity contribution in [3.63, 3.8) is 0 Å². The van der Waals surface area contributed by atoms with Crippen LogP contribution in [0.15, 0.2) is 60.7 Å². The van der Waals surface area contributed by atoms with Crippen LogP contribution in [-0.2, 0) is 16.0 Å². The van der Waals surface area contributed by atoms with E-state index < -0.39 is 29.7 Å². The van der Waals surface area contributed by atoms with Crippen molar-refractivity contribution in [1.29, 1.82) is 0 Å². The van der Waals surface area contributed by atoms with E-state index in [1.165, 1.54) is 0 Å². The number of ketones is 1. The lowest BCUT2D eigenvalue weighted by Gasteiger charge is -2.63. The quantitative estimate of drug-likeness (QED) is 0.131. The number of carbonyl (C=O) groups is 5. The molecule has 1 unspecified atom stereocenters. The number of imide groups is 2. The van der Waals surface area contributed by atoms with Gasteiger partial charge in [-0.2, -0.15) is 0 Å². The second kappa shape index (κ2) is 14.8. The standard InChI is InChI=1S/C44H48ClN5O6/c1-25-23-48(29-12-14-31-32(20-29)41(55)50(40(31)54)35-16-17-38(52)47-39(35)53)24-26(2)49(25)19-18-27-8-10-28(11-9-27)36(51)22-37-43(3,4)42(44(37,5)6)56-30-13-15-34(46-7)33(45)21-30/h8-15,20-21,25-26,35,37,42H,16-19,22-24H2,1-6H3,(H,47,52,53)/t25-,26+,35?,37?,42?. The first-order valence-corrected chi connectivity index (χ1v) is 19.7. The number of hydrogen-bond donors (Lipinski definition) is 1. The number of ether oxygens (including phenoxy) is 1. The number of piperidine rings is 1. The predicted octanol–water partition coefficient (Wildman–Crippen LogP) is 7.14. The van der Waals surface area contributed by atoms with Crippen molar-refractivity contribution >= 4 is 52.4 Å². The maximum absolute atomic E-state index is 13.6. The number of amides is 4. The number of hydrogen-bond acceptors (Lipinski definition) is 8. The highest BCUT2D eigenvalue weighted by Crippen LogP contribution is 2.62. The molecule has 12 heteroatoms. The third-order valence-electron chi connectivity index (χ3n) is 12.7. The van der Waals surface area contributed by atoms with E-state index in [9.17, 15) is 24.0 Å². The summed E-state index contributed by atoms with van der Waals surface area (Å²) in [5.74, 6) is -1.18. The van der Waals surface area contributed by atoms with Gasteiger partial charge in [0, 0.05) is 66.6 Å². The van der Waals surface area contributed by atoms with Crippen LogP contribution in [0.2, 0.25) is 5.02 Å². The number of nitrogens with one attached hydrogen (secondary N) is 1. The topological polar surface area (TPSA) is 121 Å². The Bertz CT molecular complexity index is 2130. The number of anilines is 1. The van der Waals surface area contributed by atoms with Gasteiger partial charge in [0.15, 0.2) is 5.78 Å². The van der Waals surface area contributed by atoms with E-state index in [-0.39, 0.29) is 64.7 Å². The number of halogens is 1. The Labute approximate surface area is 333 Å². The molecular formula is C44H48ClN5O6. The Morgan fingerprint density at radius 1 is 0.911 bits per heavy atom. The number of Topliss-reactive ketones (excluding diaryl/α,β-unsaturated/α-hetero) is 1. The van der Waals surface area contributed by atoms with Crippen molar-refractivity contribution in [3.8, 4) is 5.75 Å². The molecule has 0 aromatic heterocycles. The molecule has 3 aromatic carbocycles. The van der Waals surface area contributed by atoms with E-state index >= 15 is 0 Å². The van der Waals surface area contributed by atoms with Crippen LogP contribution >= 0.6 is 11.6 Å². The minimum atomic E-state index is -0.992. The first-order chi connectivity index (χ1) is 26.5. The van der Waals surface area contributed by atoms with Crippen molar-refractivity contribution < 1.29 is 28.7 Å². The van der Waals surface area contributed by atoms with Crippen LogP contribution in [0.4, 0.5) is 11.4 Å². The van der Waals surface area contributed by atoms with E-state index in [1.807, 2.05) is 18.2 Å². The van der Waals surface area contributed by atoms with E-state index in [4.69, 9.17) is 22.9 Å². The molecule has 3 fully saturated rings. The highest BCUT2D eigenvalue weighted by atomic mass is 35.5. The average molecular weight is 778 g/mol. The third kappa shape index (κ3) is 6.98. The molecule has 1 aliphatic carbocycles. The molecular weight excluding hydrogens is 730 g/mol. The Morgan fingerprint density at radius 2 is 1.57 bits per heavy atom. The zero-order valence-electron chi connectivity index (χ0n) is 32.7. The molecule has 0 radical (unpaired) electrons. The summed E-state index contributed by atoms with van der Waals surface area (Å²) < 4.78 is 6.42. The average Bonchev–Trinajstić information content (AvgIpc) is 3.40. The monoisotopic (exact) mass is 777 g/mol. The number of fused-ring (bicyclic) bond motifs is 1. The lowest BCUT2D eigenvalue weighted by atomic mass is 9.44. The normalized spacial score (nSPS) is 25.6. The van der Waals surface area contributed by atoms with Gasteiger partial charge >= 0.3 is 0 Å². The first kappa shape index (κ1) is 39.2. The van der Waals surface area contributed by atoms with Crippen LogP contribution in [0.25, 0.3) is 4.85 Å². The zero-order chi connectivity index (χ0) is 40.3. The Hall–Kier alpha value is -5.05.